The average molecular weight is 357 g/mol. The first kappa shape index (κ1) is 19.5. The summed E-state index contributed by atoms with van der Waals surface area (Å²) < 4.78 is 0. The van der Waals surface area contributed by atoms with Gasteiger partial charge in [0.25, 0.3) is 0 Å². The van der Waals surface area contributed by atoms with Gasteiger partial charge in [-0.2, -0.15) is 0 Å². The summed E-state index contributed by atoms with van der Waals surface area (Å²) in [5.41, 5.74) is 1.45. The molecule has 1 aromatic carbocycles. The highest BCUT2D eigenvalue weighted by Crippen LogP contribution is 2.21. The lowest BCUT2D eigenvalue weighted by molar-refractivity contribution is -0.135. The number of hydrogen-bond donors (Lipinski definition) is 1. The number of aryl methyl sites for hydroxylation is 2. The Morgan fingerprint density at radius 1 is 0.880 bits per heavy atom. The van der Waals surface area contributed by atoms with Crippen LogP contribution in [0.25, 0.3) is 6.08 Å². The summed E-state index contributed by atoms with van der Waals surface area (Å²) in [5, 5.41) is 8.63. The molecule has 0 saturated heterocycles. The molecule has 3 heteroatoms. The molecule has 1 aromatic heterocycles. The number of unbranched alkanes of at least 4 members (excludes halogenated alkanes) is 5. The van der Waals surface area contributed by atoms with E-state index in [0.717, 1.165) is 11.3 Å². The van der Waals surface area contributed by atoms with Crippen molar-refractivity contribution in [3.63, 3.8) is 0 Å². The van der Waals surface area contributed by atoms with Gasteiger partial charge < -0.3 is 5.11 Å². The lowest BCUT2D eigenvalue weighted by Crippen LogP contribution is -1.89. The molecule has 0 fully saturated rings. The third-order valence-corrected chi connectivity index (χ3v) is 5.35. The molecule has 0 spiro atoms. The van der Waals surface area contributed by atoms with Crippen molar-refractivity contribution in [3.05, 3.63) is 63.9 Å². The van der Waals surface area contributed by atoms with Gasteiger partial charge >= 0.3 is 5.97 Å². The molecule has 2 nitrogen and oxygen atoms in total. The summed E-state index contributed by atoms with van der Waals surface area (Å²) in [7, 11) is 0. The van der Waals surface area contributed by atoms with Crippen molar-refractivity contribution >= 4 is 23.4 Å². The average Bonchev–Trinajstić information content (AvgIpc) is 3.05. The van der Waals surface area contributed by atoms with E-state index in [1.165, 1.54) is 55.4 Å². The summed E-state index contributed by atoms with van der Waals surface area (Å²) in [5.74, 6) is -0.781. The zero-order valence-corrected chi connectivity index (χ0v) is 15.6. The van der Waals surface area contributed by atoms with Crippen molar-refractivity contribution < 1.29 is 9.90 Å². The van der Waals surface area contributed by atoms with Gasteiger partial charge in [0.05, 0.1) is 6.42 Å². The molecule has 0 saturated carbocycles. The number of rotatable bonds is 12. The van der Waals surface area contributed by atoms with Gasteiger partial charge in [-0.3, -0.25) is 4.79 Å². The maximum absolute atomic E-state index is 10.5. The number of carbonyl (C=O) groups is 1. The lowest BCUT2D eigenvalue weighted by Gasteiger charge is -2.02. The fraction of sp³-hybridized carbons (Fsp3) is 0.409. The molecule has 0 aliphatic carbocycles. The molecule has 0 radical (unpaired) electrons. The van der Waals surface area contributed by atoms with Crippen LogP contribution >= 0.6 is 11.3 Å². The normalized spacial score (nSPS) is 11.2. The van der Waals surface area contributed by atoms with E-state index in [4.69, 9.17) is 5.11 Å². The quantitative estimate of drug-likeness (QED) is 0.449. The lowest BCUT2D eigenvalue weighted by atomic mass is 10.0. The monoisotopic (exact) mass is 356 g/mol. The molecular weight excluding hydrogens is 328 g/mol. The Labute approximate surface area is 155 Å². The molecular formula is C22H28O2S. The molecule has 0 aliphatic rings. The maximum Gasteiger partial charge on any atom is 0.307 e. The maximum atomic E-state index is 10.5. The summed E-state index contributed by atoms with van der Waals surface area (Å²) in [4.78, 5) is 13.0. The van der Waals surface area contributed by atoms with Crippen LogP contribution in [0.4, 0.5) is 0 Å². The van der Waals surface area contributed by atoms with Crippen molar-refractivity contribution in [2.75, 3.05) is 0 Å². The molecule has 1 heterocycles. The molecule has 134 valence electrons. The predicted octanol–water partition coefficient (Wildman–Crippen LogP) is 6.36. The van der Waals surface area contributed by atoms with Crippen molar-refractivity contribution in [1.29, 1.82) is 0 Å². The number of hydrogen-bond acceptors (Lipinski definition) is 2. The second-order valence-corrected chi connectivity index (χ2v) is 7.61. The van der Waals surface area contributed by atoms with Gasteiger partial charge in [-0.05, 0) is 49.5 Å². The van der Waals surface area contributed by atoms with Gasteiger partial charge in [0.2, 0.25) is 0 Å². The van der Waals surface area contributed by atoms with E-state index >= 15 is 0 Å². The summed E-state index contributed by atoms with van der Waals surface area (Å²) in [6, 6.07) is 15.0. The van der Waals surface area contributed by atoms with Crippen LogP contribution in [0, 0.1) is 0 Å². The van der Waals surface area contributed by atoms with E-state index in [0.29, 0.717) is 0 Å². The fourth-order valence-corrected chi connectivity index (χ4v) is 3.86. The van der Waals surface area contributed by atoms with E-state index in [2.05, 4.69) is 42.5 Å². The predicted molar refractivity (Wildman–Crippen MR) is 107 cm³/mol. The molecule has 0 unspecified atom stereocenters. The number of carboxylic acid groups (broad SMARTS) is 1. The zero-order valence-electron chi connectivity index (χ0n) is 14.8. The summed E-state index contributed by atoms with van der Waals surface area (Å²) >= 11 is 1.77. The molecule has 25 heavy (non-hydrogen) atoms. The molecule has 2 rings (SSSR count). The van der Waals surface area contributed by atoms with E-state index in [1.54, 1.807) is 17.4 Å². The van der Waals surface area contributed by atoms with Gasteiger partial charge in [0.1, 0.15) is 0 Å². The smallest absolute Gasteiger partial charge is 0.307 e. The van der Waals surface area contributed by atoms with Crippen LogP contribution in [0.5, 0.6) is 0 Å². The molecule has 0 bridgehead atoms. The van der Waals surface area contributed by atoms with Crippen molar-refractivity contribution in [3.8, 4) is 0 Å². The van der Waals surface area contributed by atoms with Gasteiger partial charge in [-0.1, -0.05) is 62.1 Å². The van der Waals surface area contributed by atoms with Gasteiger partial charge in [0, 0.05) is 9.75 Å². The van der Waals surface area contributed by atoms with Crippen LogP contribution in [0.1, 0.15) is 60.3 Å². The minimum atomic E-state index is -0.781. The first-order chi connectivity index (χ1) is 12.2. The summed E-state index contributed by atoms with van der Waals surface area (Å²) in [6.45, 7) is 0. The zero-order chi connectivity index (χ0) is 17.7. The standard InChI is InChI=1S/C22H28O2S/c23-22(24)16-10-15-21-18-17-20(25-21)14-9-4-2-1-3-6-11-19-12-7-5-8-13-19/h5,7-8,10,12-13,15,17-18H,1-4,6,9,11,14,16H2,(H,23,24). The molecule has 2 aromatic rings. The van der Waals surface area contributed by atoms with Gasteiger partial charge in [-0.25, -0.2) is 0 Å². The largest absolute Gasteiger partial charge is 0.481 e. The number of carboxylic acids is 1. The highest BCUT2D eigenvalue weighted by atomic mass is 32.1. The van der Waals surface area contributed by atoms with Crippen LogP contribution in [0.2, 0.25) is 0 Å². The van der Waals surface area contributed by atoms with Crippen molar-refractivity contribution in [2.24, 2.45) is 0 Å². The number of thiophene rings is 1. The fourth-order valence-electron chi connectivity index (χ4n) is 2.87. The van der Waals surface area contributed by atoms with Crippen LogP contribution in [-0.2, 0) is 17.6 Å². The molecule has 1 N–H and O–H groups in total. The van der Waals surface area contributed by atoms with Crippen molar-refractivity contribution in [1.82, 2.24) is 0 Å². The highest BCUT2D eigenvalue weighted by Gasteiger charge is 1.99. The summed E-state index contributed by atoms with van der Waals surface area (Å²) in [6.07, 6.45) is 13.9. The highest BCUT2D eigenvalue weighted by molar-refractivity contribution is 7.12. The number of benzene rings is 1. The molecule has 0 atom stereocenters. The van der Waals surface area contributed by atoms with Crippen LogP contribution in [0.3, 0.4) is 0 Å². The Bertz CT molecular complexity index is 643. The molecule has 0 aliphatic heterocycles. The van der Waals surface area contributed by atoms with Gasteiger partial charge in [-0.15, -0.1) is 11.3 Å². The Morgan fingerprint density at radius 2 is 1.56 bits per heavy atom. The van der Waals surface area contributed by atoms with E-state index in [9.17, 15) is 4.79 Å². The topological polar surface area (TPSA) is 37.3 Å². The first-order valence-corrected chi connectivity index (χ1v) is 10.1. The second-order valence-electron chi connectivity index (χ2n) is 6.41. The van der Waals surface area contributed by atoms with Gasteiger partial charge in [0.15, 0.2) is 0 Å². The molecule has 0 amide bonds. The first-order valence-electron chi connectivity index (χ1n) is 9.25. The van der Waals surface area contributed by atoms with E-state index in [-0.39, 0.29) is 6.42 Å². The number of aliphatic carboxylic acids is 1. The van der Waals surface area contributed by atoms with Crippen LogP contribution in [0.15, 0.2) is 48.5 Å². The van der Waals surface area contributed by atoms with Crippen molar-refractivity contribution in [2.45, 2.75) is 57.8 Å². The van der Waals surface area contributed by atoms with Crippen LogP contribution < -0.4 is 0 Å². The second kappa shape index (κ2) is 11.6. The minimum Gasteiger partial charge on any atom is -0.481 e. The van der Waals surface area contributed by atoms with E-state index in [1.807, 2.05) is 6.08 Å². The Morgan fingerprint density at radius 3 is 2.28 bits per heavy atom. The minimum absolute atomic E-state index is 0.0947. The Balaban J connectivity index is 1.49. The van der Waals surface area contributed by atoms with E-state index < -0.39 is 5.97 Å². The SMILES string of the molecule is O=C(O)CC=Cc1ccc(CCCCCCCCc2ccccc2)s1. The van der Waals surface area contributed by atoms with Crippen LogP contribution in [-0.4, -0.2) is 11.1 Å². The Kier molecular flexibility index (Phi) is 9.06. The third-order valence-electron chi connectivity index (χ3n) is 4.24. The Hall–Kier alpha value is -1.87. The third kappa shape index (κ3) is 8.69.